The lowest BCUT2D eigenvalue weighted by Crippen LogP contribution is -2.30. The number of carbonyl (C=O) groups excluding carboxylic acids is 1. The van der Waals surface area contributed by atoms with Crippen molar-refractivity contribution in [3.63, 3.8) is 0 Å². The minimum absolute atomic E-state index is 0.431. The van der Waals surface area contributed by atoms with Crippen LogP contribution in [0.5, 0.6) is 0 Å². The van der Waals surface area contributed by atoms with Gasteiger partial charge in [-0.15, -0.1) is 0 Å². The maximum Gasteiger partial charge on any atom is 0.367 e. The third kappa shape index (κ3) is 3.35. The first-order valence-corrected chi connectivity index (χ1v) is 6.40. The molecule has 1 amide bonds. The summed E-state index contributed by atoms with van der Waals surface area (Å²) < 4.78 is 1.67. The zero-order chi connectivity index (χ0) is 11.3. The molecule has 1 aromatic heterocycles. The van der Waals surface area contributed by atoms with Crippen LogP contribution in [0.3, 0.4) is 0 Å². The van der Waals surface area contributed by atoms with Crippen LogP contribution in [0.25, 0.3) is 0 Å². The number of unbranched alkanes of at least 4 members (excludes halogenated alkanes) is 1. The molecule has 0 radical (unpaired) electrons. The van der Waals surface area contributed by atoms with E-state index in [9.17, 15) is 9.59 Å². The molecule has 0 saturated heterocycles. The lowest BCUT2D eigenvalue weighted by Gasteiger charge is -1.95. The van der Waals surface area contributed by atoms with Gasteiger partial charge < -0.3 is 5.32 Å². The molecule has 15 heavy (non-hydrogen) atoms. The Morgan fingerprint density at radius 2 is 2.40 bits per heavy atom. The number of hydrogen-bond acceptors (Lipinski definition) is 5. The SMILES string of the molecule is CCCCSc1nc(=O)n(C(=O)NC)s1. The van der Waals surface area contributed by atoms with E-state index in [-0.39, 0.29) is 0 Å². The number of nitrogens with zero attached hydrogens (tertiary/aromatic N) is 2. The fourth-order valence-electron chi connectivity index (χ4n) is 0.853. The number of amides is 1. The quantitative estimate of drug-likeness (QED) is 0.645. The van der Waals surface area contributed by atoms with Gasteiger partial charge in [-0.1, -0.05) is 25.1 Å². The maximum atomic E-state index is 11.3. The van der Waals surface area contributed by atoms with Crippen LogP contribution >= 0.6 is 23.3 Å². The van der Waals surface area contributed by atoms with Crippen molar-refractivity contribution in [1.82, 2.24) is 14.3 Å². The third-order valence-electron chi connectivity index (χ3n) is 1.65. The Morgan fingerprint density at radius 3 is 3.00 bits per heavy atom. The van der Waals surface area contributed by atoms with Crippen LogP contribution in [0.2, 0.25) is 0 Å². The van der Waals surface area contributed by atoms with Crippen LogP contribution in [-0.2, 0) is 0 Å². The highest BCUT2D eigenvalue weighted by molar-refractivity contribution is 8.00. The molecular weight excluding hydrogens is 234 g/mol. The number of hydrogen-bond donors (Lipinski definition) is 1. The van der Waals surface area contributed by atoms with Crippen molar-refractivity contribution in [1.29, 1.82) is 0 Å². The van der Waals surface area contributed by atoms with Crippen LogP contribution in [0.4, 0.5) is 4.79 Å². The average molecular weight is 247 g/mol. The van der Waals surface area contributed by atoms with Gasteiger partial charge in [0, 0.05) is 12.8 Å². The molecule has 1 rings (SSSR count). The van der Waals surface area contributed by atoms with Crippen LogP contribution < -0.4 is 11.0 Å². The van der Waals surface area contributed by atoms with Crippen molar-refractivity contribution in [2.24, 2.45) is 0 Å². The molecule has 0 bridgehead atoms. The molecule has 0 aromatic carbocycles. The molecule has 0 aliphatic heterocycles. The Hall–Kier alpha value is -0.820. The number of rotatable bonds is 4. The van der Waals surface area contributed by atoms with Crippen molar-refractivity contribution >= 4 is 29.3 Å². The predicted octanol–water partition coefficient (Wildman–Crippen LogP) is 1.38. The molecule has 1 aromatic rings. The van der Waals surface area contributed by atoms with E-state index in [0.717, 1.165) is 34.1 Å². The zero-order valence-electron chi connectivity index (χ0n) is 8.65. The van der Waals surface area contributed by atoms with Crippen molar-refractivity contribution in [2.45, 2.75) is 24.1 Å². The van der Waals surface area contributed by atoms with Crippen LogP contribution in [0.1, 0.15) is 19.8 Å². The Labute approximate surface area is 96.0 Å². The van der Waals surface area contributed by atoms with E-state index in [4.69, 9.17) is 0 Å². The van der Waals surface area contributed by atoms with Gasteiger partial charge in [-0.3, -0.25) is 0 Å². The predicted molar refractivity (Wildman–Crippen MR) is 61.9 cm³/mol. The number of thioether (sulfide) groups is 1. The Kier molecular flexibility index (Phi) is 4.83. The van der Waals surface area contributed by atoms with Crippen LogP contribution in [-0.4, -0.2) is 27.8 Å². The monoisotopic (exact) mass is 247 g/mol. The third-order valence-corrected chi connectivity index (χ3v) is 3.81. The highest BCUT2D eigenvalue weighted by Crippen LogP contribution is 2.19. The first-order valence-electron chi connectivity index (χ1n) is 4.64. The summed E-state index contributed by atoms with van der Waals surface area (Å²) in [7, 11) is 1.48. The van der Waals surface area contributed by atoms with E-state index in [1.54, 1.807) is 0 Å². The minimum atomic E-state index is -0.502. The summed E-state index contributed by atoms with van der Waals surface area (Å²) in [6.07, 6.45) is 2.19. The highest BCUT2D eigenvalue weighted by atomic mass is 32.2. The molecule has 7 heteroatoms. The van der Waals surface area contributed by atoms with Gasteiger partial charge >= 0.3 is 11.7 Å². The summed E-state index contributed by atoms with van der Waals surface area (Å²) in [6.45, 7) is 2.10. The van der Waals surface area contributed by atoms with Gasteiger partial charge in [0.1, 0.15) is 0 Å². The van der Waals surface area contributed by atoms with Crippen molar-refractivity contribution < 1.29 is 4.79 Å². The largest absolute Gasteiger partial charge is 0.367 e. The zero-order valence-corrected chi connectivity index (χ0v) is 10.3. The van der Waals surface area contributed by atoms with Gasteiger partial charge in [0.05, 0.1) is 0 Å². The van der Waals surface area contributed by atoms with Gasteiger partial charge in [0.2, 0.25) is 0 Å². The molecule has 5 nitrogen and oxygen atoms in total. The fourth-order valence-corrected chi connectivity index (χ4v) is 2.86. The summed E-state index contributed by atoms with van der Waals surface area (Å²) in [6, 6.07) is -0.431. The maximum absolute atomic E-state index is 11.3. The van der Waals surface area contributed by atoms with Gasteiger partial charge in [0.15, 0.2) is 4.34 Å². The first-order chi connectivity index (χ1) is 7.19. The van der Waals surface area contributed by atoms with Gasteiger partial charge in [0.25, 0.3) is 0 Å². The summed E-state index contributed by atoms with van der Waals surface area (Å²) >= 11 is 2.60. The minimum Gasteiger partial charge on any atom is -0.340 e. The number of carbonyl (C=O) groups is 1. The topological polar surface area (TPSA) is 64.0 Å². The molecule has 0 unspecified atom stereocenters. The molecule has 0 fully saturated rings. The molecule has 0 atom stereocenters. The highest BCUT2D eigenvalue weighted by Gasteiger charge is 2.11. The first kappa shape index (κ1) is 12.3. The van der Waals surface area contributed by atoms with Gasteiger partial charge in [-0.2, -0.15) is 8.94 Å². The van der Waals surface area contributed by atoms with E-state index < -0.39 is 11.7 Å². The molecule has 0 aliphatic rings. The Balaban J connectivity index is 2.69. The van der Waals surface area contributed by atoms with Crippen molar-refractivity contribution in [3.05, 3.63) is 10.5 Å². The van der Waals surface area contributed by atoms with Crippen molar-refractivity contribution in [2.75, 3.05) is 12.8 Å². The van der Waals surface area contributed by atoms with E-state index in [1.807, 2.05) is 0 Å². The molecular formula is C8H13N3O2S2. The lowest BCUT2D eigenvalue weighted by molar-refractivity contribution is 0.245. The number of aromatic nitrogens is 2. The standard InChI is InChI=1S/C8H13N3O2S2/c1-3-4-5-14-8-10-7(13)11(15-8)6(12)9-2/h3-5H2,1-2H3,(H,9,12). The van der Waals surface area contributed by atoms with E-state index in [1.165, 1.54) is 18.8 Å². The second-order valence-electron chi connectivity index (χ2n) is 2.80. The number of nitrogens with one attached hydrogen (secondary N) is 1. The van der Waals surface area contributed by atoms with E-state index >= 15 is 0 Å². The second-order valence-corrected chi connectivity index (χ2v) is 5.08. The van der Waals surface area contributed by atoms with Gasteiger partial charge in [-0.25, -0.2) is 9.59 Å². The molecule has 0 saturated carbocycles. The van der Waals surface area contributed by atoms with E-state index in [2.05, 4.69) is 17.2 Å². The normalized spacial score (nSPS) is 10.3. The Morgan fingerprint density at radius 1 is 1.67 bits per heavy atom. The molecule has 84 valence electrons. The molecule has 1 heterocycles. The smallest absolute Gasteiger partial charge is 0.340 e. The summed E-state index contributed by atoms with van der Waals surface area (Å²) in [5, 5.41) is 2.39. The van der Waals surface area contributed by atoms with Crippen LogP contribution in [0.15, 0.2) is 9.13 Å². The van der Waals surface area contributed by atoms with Gasteiger partial charge in [-0.05, 0) is 18.0 Å². The summed E-state index contributed by atoms with van der Waals surface area (Å²) in [5.74, 6) is 0.928. The molecule has 1 N–H and O–H groups in total. The molecule has 0 spiro atoms. The average Bonchev–Trinajstić information content (AvgIpc) is 2.59. The summed E-state index contributed by atoms with van der Waals surface area (Å²) in [5.41, 5.74) is -0.502. The van der Waals surface area contributed by atoms with Crippen molar-refractivity contribution in [3.8, 4) is 0 Å². The Bertz CT molecular complexity index is 385. The molecule has 0 aliphatic carbocycles. The van der Waals surface area contributed by atoms with Crippen LogP contribution in [0, 0.1) is 0 Å². The fraction of sp³-hybridized carbons (Fsp3) is 0.625. The van der Waals surface area contributed by atoms with E-state index in [0.29, 0.717) is 4.34 Å². The second kappa shape index (κ2) is 5.92. The summed E-state index contributed by atoms with van der Waals surface area (Å²) in [4.78, 5) is 26.2. The lowest BCUT2D eigenvalue weighted by atomic mass is 10.4.